The smallest absolute Gasteiger partial charge is 0.330 e. The molecule has 204 valence electrons. The number of esters is 1. The van der Waals surface area contributed by atoms with Crippen LogP contribution in [-0.4, -0.2) is 62.3 Å². The van der Waals surface area contributed by atoms with E-state index in [2.05, 4.69) is 10.1 Å². The molecule has 0 radical (unpaired) electrons. The molecule has 1 fully saturated rings. The highest BCUT2D eigenvalue weighted by Gasteiger charge is 2.54. The first kappa shape index (κ1) is 29.2. The lowest BCUT2D eigenvalue weighted by Crippen LogP contribution is -2.47. The molecule has 3 rings (SSSR count). The summed E-state index contributed by atoms with van der Waals surface area (Å²) in [5, 5.41) is 24.6. The molecule has 0 aliphatic carbocycles. The van der Waals surface area contributed by atoms with Gasteiger partial charge in [-0.05, 0) is 58.1 Å². The van der Waals surface area contributed by atoms with Crippen LogP contribution in [0.1, 0.15) is 39.5 Å². The number of hydrogen-bond acceptors (Lipinski definition) is 10. The molecule has 0 saturated carbocycles. The summed E-state index contributed by atoms with van der Waals surface area (Å²) in [4.78, 5) is 38.2. The van der Waals surface area contributed by atoms with E-state index in [-0.39, 0.29) is 12.7 Å². The number of rotatable bonds is 10. The highest BCUT2D eigenvalue weighted by molar-refractivity contribution is 8.09. The van der Waals surface area contributed by atoms with Crippen LogP contribution >= 0.6 is 6.64 Å². The number of para-hydroxylation sites is 1. The monoisotopic (exact) mass is 557 g/mol. The molecule has 4 N–H and O–H groups in total. The number of aliphatic hydroxyl groups excluding tert-OH is 1. The molecule has 6 atom stereocenters. The molecule has 0 spiro atoms. The van der Waals surface area contributed by atoms with E-state index in [1.807, 2.05) is 19.1 Å². The van der Waals surface area contributed by atoms with Crippen LogP contribution < -0.4 is 20.9 Å². The van der Waals surface area contributed by atoms with Gasteiger partial charge >= 0.3 is 18.3 Å². The number of nitrogens with zero attached hydrogens (tertiary/aromatic N) is 1. The summed E-state index contributed by atoms with van der Waals surface area (Å²) in [6.07, 6.45) is -3.15. The summed E-state index contributed by atoms with van der Waals surface area (Å²) < 4.78 is 24.0. The maximum Gasteiger partial charge on any atom is 0.330 e. The van der Waals surface area contributed by atoms with E-state index < -0.39 is 53.9 Å². The molecule has 1 aliphatic heterocycles. The number of carbonyl (C=O) groups is 1. The van der Waals surface area contributed by atoms with E-state index in [9.17, 15) is 24.6 Å². The van der Waals surface area contributed by atoms with Gasteiger partial charge in [-0.25, -0.2) is 9.88 Å². The van der Waals surface area contributed by atoms with Crippen LogP contribution in [-0.2, 0) is 30.6 Å². The summed E-state index contributed by atoms with van der Waals surface area (Å²) in [7, 11) is 0. The fourth-order valence-electron chi connectivity index (χ4n) is 3.66. The van der Waals surface area contributed by atoms with Crippen LogP contribution in [0.2, 0.25) is 0 Å². The van der Waals surface area contributed by atoms with Gasteiger partial charge < -0.3 is 28.7 Å². The fourth-order valence-corrected chi connectivity index (χ4v) is 6.13. The van der Waals surface area contributed by atoms with Crippen molar-refractivity contribution in [3.8, 4) is 5.75 Å². The molecule has 37 heavy (non-hydrogen) atoms. The van der Waals surface area contributed by atoms with Crippen molar-refractivity contribution in [2.45, 2.75) is 70.8 Å². The van der Waals surface area contributed by atoms with E-state index in [0.717, 1.165) is 22.4 Å². The second kappa shape index (κ2) is 11.6. The van der Waals surface area contributed by atoms with Crippen molar-refractivity contribution in [2.24, 2.45) is 0 Å². The lowest BCUT2D eigenvalue weighted by Gasteiger charge is -2.29. The van der Waals surface area contributed by atoms with E-state index in [4.69, 9.17) is 30.3 Å². The molecule has 12 nitrogen and oxygen atoms in total. The van der Waals surface area contributed by atoms with Crippen LogP contribution in [0, 0.1) is 6.92 Å². The zero-order chi connectivity index (χ0) is 27.5. The van der Waals surface area contributed by atoms with Crippen LogP contribution in [0.5, 0.6) is 5.75 Å². The maximum atomic E-state index is 12.4. The minimum Gasteiger partial charge on any atom is -0.462 e. The zero-order valence-electron chi connectivity index (χ0n) is 21.1. The number of H-pyrrole nitrogens is 1. The number of aromatic amines is 1. The topological polar surface area (TPSA) is 161 Å². The second-order valence-corrected chi connectivity index (χ2v) is 12.3. The molecule has 2 aromatic rings. The van der Waals surface area contributed by atoms with Crippen molar-refractivity contribution < 1.29 is 33.5 Å². The summed E-state index contributed by atoms with van der Waals surface area (Å²) in [6.45, 7) is 4.30. The largest absolute Gasteiger partial charge is 0.462 e. The summed E-state index contributed by atoms with van der Waals surface area (Å²) in [5.41, 5.74) is -2.59. The first-order chi connectivity index (χ1) is 17.2. The lowest BCUT2D eigenvalue weighted by atomic mass is 9.96. The Morgan fingerprint density at radius 1 is 1.30 bits per heavy atom. The van der Waals surface area contributed by atoms with Gasteiger partial charge in [0.15, 0.2) is 6.23 Å². The van der Waals surface area contributed by atoms with Gasteiger partial charge in [0.2, 0.25) is 0 Å². The predicted molar refractivity (Wildman–Crippen MR) is 138 cm³/mol. The third-order valence-electron chi connectivity index (χ3n) is 5.64. The third-order valence-corrected chi connectivity index (χ3v) is 8.12. The lowest BCUT2D eigenvalue weighted by molar-refractivity contribution is -0.149. The van der Waals surface area contributed by atoms with Gasteiger partial charge in [-0.2, -0.15) is 0 Å². The first-order valence-electron chi connectivity index (χ1n) is 11.6. The second-order valence-electron chi connectivity index (χ2n) is 9.20. The fraction of sp³-hybridized carbons (Fsp3) is 0.522. The molecular formula is C23H32N3O9PS. The van der Waals surface area contributed by atoms with E-state index in [1.165, 1.54) is 6.92 Å². The molecule has 1 aliphatic rings. The standard InChI is InChI=1S/C23H32N3O9PS/c1-13(2)33-20(29)15(4)25-36(37,35-16-9-7-6-8-14(16)3)32-12-17-19(28)23(5,31)21(34-17)26-11-10-18(27)24-22(26)30/h6-11,13,15,17,19,21,28,31H,12H2,1-5H3,(H,25,37)(H,24,27,30)/t15?,17-,19-,21-,23-,36?/m1/s1. The Balaban J connectivity index is 1.83. The average Bonchev–Trinajstić information content (AvgIpc) is 3.02. The molecule has 2 heterocycles. The minimum absolute atomic E-state index is 0.342. The van der Waals surface area contributed by atoms with Gasteiger partial charge in [0.05, 0.1) is 12.7 Å². The highest BCUT2D eigenvalue weighted by atomic mass is 32.5. The first-order valence-corrected chi connectivity index (χ1v) is 14.2. The number of aromatic nitrogens is 2. The third kappa shape index (κ3) is 6.94. The average molecular weight is 558 g/mol. The Labute approximate surface area is 218 Å². The molecule has 2 unspecified atom stereocenters. The van der Waals surface area contributed by atoms with Crippen molar-refractivity contribution in [1.82, 2.24) is 14.6 Å². The molecule has 0 amide bonds. The van der Waals surface area contributed by atoms with E-state index >= 15 is 0 Å². The van der Waals surface area contributed by atoms with Gasteiger partial charge in [0.1, 0.15) is 29.6 Å². The molecule has 1 saturated heterocycles. The number of benzene rings is 1. The quantitative estimate of drug-likeness (QED) is 0.245. The minimum atomic E-state index is -3.46. The van der Waals surface area contributed by atoms with Gasteiger partial charge in [-0.15, -0.1) is 0 Å². The van der Waals surface area contributed by atoms with E-state index in [0.29, 0.717) is 5.75 Å². The Kier molecular flexibility index (Phi) is 9.12. The van der Waals surface area contributed by atoms with Gasteiger partial charge in [-0.3, -0.25) is 19.1 Å². The van der Waals surface area contributed by atoms with Crippen molar-refractivity contribution >= 4 is 24.4 Å². The normalized spacial score (nSPS) is 26.0. The van der Waals surface area contributed by atoms with Crippen LogP contribution in [0.15, 0.2) is 46.1 Å². The van der Waals surface area contributed by atoms with Crippen molar-refractivity contribution in [2.75, 3.05) is 6.61 Å². The SMILES string of the molecule is Cc1ccccc1OP(=S)(NC(C)C(=O)OC(C)C)OC[C@H]1O[C@@H](n2ccc(=O)[nH]c2=O)[C@](C)(O)[C@@H]1O. The molecule has 1 aromatic heterocycles. The van der Waals surface area contributed by atoms with Crippen molar-refractivity contribution in [3.63, 3.8) is 0 Å². The molecule has 14 heteroatoms. The van der Waals surface area contributed by atoms with Gasteiger partial charge in [0, 0.05) is 12.3 Å². The number of ether oxygens (including phenoxy) is 2. The number of nitrogens with one attached hydrogen (secondary N) is 2. The van der Waals surface area contributed by atoms with E-state index in [1.54, 1.807) is 32.9 Å². The molecule has 0 bridgehead atoms. The highest BCUT2D eigenvalue weighted by Crippen LogP contribution is 2.47. The summed E-state index contributed by atoms with van der Waals surface area (Å²) >= 11 is 5.69. The molecule has 1 aromatic carbocycles. The van der Waals surface area contributed by atoms with Crippen LogP contribution in [0.4, 0.5) is 0 Å². The van der Waals surface area contributed by atoms with Crippen molar-refractivity contribution in [1.29, 1.82) is 0 Å². The van der Waals surface area contributed by atoms with Gasteiger partial charge in [0.25, 0.3) is 5.56 Å². The van der Waals surface area contributed by atoms with Crippen molar-refractivity contribution in [3.05, 3.63) is 62.9 Å². The summed E-state index contributed by atoms with van der Waals surface area (Å²) in [5.74, 6) is -0.126. The Morgan fingerprint density at radius 3 is 2.59 bits per heavy atom. The maximum absolute atomic E-state index is 12.4. The number of aliphatic hydroxyl groups is 2. The number of carbonyl (C=O) groups excluding carboxylic acids is 1. The number of hydrogen-bond donors (Lipinski definition) is 4. The van der Waals surface area contributed by atoms with Gasteiger partial charge in [-0.1, -0.05) is 18.2 Å². The summed E-state index contributed by atoms with van der Waals surface area (Å²) in [6, 6.07) is 7.30. The van der Waals surface area contributed by atoms with Crippen LogP contribution in [0.3, 0.4) is 0 Å². The predicted octanol–water partition coefficient (Wildman–Crippen LogP) is 1.10. The number of aryl methyl sites for hydroxylation is 1. The molecular weight excluding hydrogens is 525 g/mol. The zero-order valence-corrected chi connectivity index (χ0v) is 22.8. The Bertz CT molecular complexity index is 1280. The van der Waals surface area contributed by atoms with Crippen LogP contribution in [0.25, 0.3) is 0 Å². The Morgan fingerprint density at radius 2 is 1.97 bits per heavy atom. The Hall–Kier alpha value is -2.38.